The van der Waals surface area contributed by atoms with E-state index in [0.29, 0.717) is 62.5 Å². The topological polar surface area (TPSA) is 144 Å². The molecule has 0 unspecified atom stereocenters. The maximum Gasteiger partial charge on any atom is 0.229 e. The van der Waals surface area contributed by atoms with Gasteiger partial charge in [0, 0.05) is 24.2 Å². The van der Waals surface area contributed by atoms with Crippen molar-refractivity contribution >= 4 is 56.9 Å². The summed E-state index contributed by atoms with van der Waals surface area (Å²) in [7, 11) is 0. The molecule has 14 heteroatoms. The number of hydrogen-bond donors (Lipinski definition) is 3. The molecule has 1 aromatic carbocycles. The van der Waals surface area contributed by atoms with Crippen LogP contribution in [0.1, 0.15) is 12.2 Å². The van der Waals surface area contributed by atoms with Gasteiger partial charge in [0.2, 0.25) is 11.9 Å². The molecule has 5 heterocycles. The Balaban J connectivity index is 1.13. The summed E-state index contributed by atoms with van der Waals surface area (Å²) >= 11 is 1.62. The molecule has 1 aliphatic rings. The highest BCUT2D eigenvalue weighted by Gasteiger charge is 2.20. The molecule has 0 radical (unpaired) electrons. The predicted octanol–water partition coefficient (Wildman–Crippen LogP) is 3.20. The van der Waals surface area contributed by atoms with E-state index in [4.69, 9.17) is 35.6 Å². The van der Waals surface area contributed by atoms with Gasteiger partial charge < -0.3 is 34.7 Å². The number of aromatic nitrogens is 6. The molecule has 0 bridgehead atoms. The van der Waals surface area contributed by atoms with E-state index in [1.807, 2.05) is 34.2 Å². The smallest absolute Gasteiger partial charge is 0.229 e. The lowest BCUT2D eigenvalue weighted by Gasteiger charge is -2.27. The molecule has 0 saturated carbocycles. The van der Waals surface area contributed by atoms with Crippen LogP contribution in [-0.2, 0) is 25.5 Å². The number of terminal acetylenes is 1. The van der Waals surface area contributed by atoms with Gasteiger partial charge in [-0.15, -0.1) is 6.42 Å². The van der Waals surface area contributed by atoms with Crippen molar-refractivity contribution in [2.75, 3.05) is 68.3 Å². The zero-order valence-corrected chi connectivity index (χ0v) is 24.2. The molecule has 0 atom stereocenters. The van der Waals surface area contributed by atoms with E-state index in [-0.39, 0.29) is 18.9 Å². The number of carbonyl (C=O) groups excluding carboxylic acids is 1. The highest BCUT2D eigenvalue weighted by molar-refractivity contribution is 7.08. The second kappa shape index (κ2) is 13.6. The summed E-state index contributed by atoms with van der Waals surface area (Å²) in [5, 5.41) is 10.4. The minimum absolute atomic E-state index is 0.143. The number of anilines is 3. The first-order valence-corrected chi connectivity index (χ1v) is 14.8. The number of thiophene rings is 1. The van der Waals surface area contributed by atoms with E-state index >= 15 is 0 Å². The van der Waals surface area contributed by atoms with Gasteiger partial charge in [0.15, 0.2) is 17.0 Å². The molecule has 5 aromatic rings. The molecule has 4 aromatic heterocycles. The molecule has 1 amide bonds. The van der Waals surface area contributed by atoms with Gasteiger partial charge in [0.1, 0.15) is 18.8 Å². The van der Waals surface area contributed by atoms with Gasteiger partial charge in [-0.1, -0.05) is 5.92 Å². The van der Waals surface area contributed by atoms with Gasteiger partial charge in [-0.3, -0.25) is 9.36 Å². The predicted molar refractivity (Wildman–Crippen MR) is 165 cm³/mol. The van der Waals surface area contributed by atoms with Crippen LogP contribution in [0.5, 0.6) is 0 Å². The van der Waals surface area contributed by atoms with Crippen LogP contribution in [0.4, 0.5) is 17.5 Å². The van der Waals surface area contributed by atoms with Crippen LogP contribution in [0.2, 0.25) is 0 Å². The van der Waals surface area contributed by atoms with Crippen molar-refractivity contribution in [3.05, 3.63) is 47.2 Å². The van der Waals surface area contributed by atoms with E-state index in [9.17, 15) is 4.79 Å². The van der Waals surface area contributed by atoms with Crippen molar-refractivity contribution in [3.63, 3.8) is 0 Å². The van der Waals surface area contributed by atoms with Gasteiger partial charge in [-0.25, -0.2) is 9.97 Å². The molecule has 13 nitrogen and oxygen atoms in total. The van der Waals surface area contributed by atoms with Crippen LogP contribution in [0, 0.1) is 12.3 Å². The van der Waals surface area contributed by atoms with Crippen molar-refractivity contribution in [2.24, 2.45) is 0 Å². The first-order valence-electron chi connectivity index (χ1n) is 13.9. The van der Waals surface area contributed by atoms with E-state index in [1.54, 1.807) is 17.7 Å². The lowest BCUT2D eigenvalue weighted by Crippen LogP contribution is -2.37. The third-order valence-electron chi connectivity index (χ3n) is 6.73. The van der Waals surface area contributed by atoms with Crippen LogP contribution < -0.4 is 15.5 Å². The Morgan fingerprint density at radius 2 is 2.02 bits per heavy atom. The Kier molecular flexibility index (Phi) is 9.04. The number of imidazole rings is 2. The molecule has 1 fully saturated rings. The fourth-order valence-corrected chi connectivity index (χ4v) is 5.26. The number of benzene rings is 1. The average molecular weight is 602 g/mol. The summed E-state index contributed by atoms with van der Waals surface area (Å²) in [6, 6.07) is 7.59. The Hall–Kier alpha value is -4.55. The van der Waals surface area contributed by atoms with Crippen LogP contribution in [0.3, 0.4) is 0 Å². The van der Waals surface area contributed by atoms with Crippen molar-refractivity contribution in [3.8, 4) is 18.0 Å². The normalized spacial score (nSPS) is 13.4. The zero-order chi connectivity index (χ0) is 29.4. The van der Waals surface area contributed by atoms with Gasteiger partial charge in [-0.05, 0) is 29.6 Å². The number of nitrogens with one attached hydrogen (secondary N) is 3. The highest BCUT2D eigenvalue weighted by Crippen LogP contribution is 2.27. The highest BCUT2D eigenvalue weighted by atomic mass is 32.1. The first-order chi connectivity index (χ1) is 21.2. The summed E-state index contributed by atoms with van der Waals surface area (Å²) < 4.78 is 18.1. The lowest BCUT2D eigenvalue weighted by atomic mass is 10.2. The van der Waals surface area contributed by atoms with E-state index in [0.717, 1.165) is 41.3 Å². The monoisotopic (exact) mass is 601 g/mol. The molecule has 1 saturated heterocycles. The SMILES string of the molecule is C#CCOCCOCCC(=O)Nc1ccc2nc(CNc3nc(N4CCOCC4)nc4c3ncn4-c3ccsc3)[nH]c2c1. The molecule has 0 aliphatic carbocycles. The minimum atomic E-state index is -0.143. The van der Waals surface area contributed by atoms with Crippen LogP contribution in [0.25, 0.3) is 27.9 Å². The second-order valence-electron chi connectivity index (χ2n) is 9.68. The van der Waals surface area contributed by atoms with Crippen LogP contribution >= 0.6 is 11.3 Å². The fourth-order valence-electron chi connectivity index (χ4n) is 4.63. The quantitative estimate of drug-likeness (QED) is 0.136. The number of nitrogens with zero attached hydrogens (tertiary/aromatic N) is 6. The van der Waals surface area contributed by atoms with Gasteiger partial charge in [0.25, 0.3) is 0 Å². The number of rotatable bonds is 13. The molecule has 1 aliphatic heterocycles. The summed E-state index contributed by atoms with van der Waals surface area (Å²) in [6.07, 6.45) is 7.13. The number of fused-ring (bicyclic) bond motifs is 2. The lowest BCUT2D eigenvalue weighted by molar-refractivity contribution is -0.117. The van der Waals surface area contributed by atoms with E-state index in [1.165, 1.54) is 0 Å². The second-order valence-corrected chi connectivity index (χ2v) is 10.5. The number of amides is 1. The standard InChI is InChI=1S/C29H31N9O4S/c1-2-9-40-13-14-41-10-5-25(39)32-20-3-4-22-23(16-20)34-24(33-22)17-30-27-26-28(38(19-31-26)21-6-15-43-18-21)36-29(35-27)37-7-11-42-12-8-37/h1,3-4,6,15-16,18-19H,5,7-14,17H2,(H,32,39)(H,33,34)(H,30,35,36). The fraction of sp³-hybridized carbons (Fsp3) is 0.345. The minimum Gasteiger partial charge on any atom is -0.379 e. The zero-order valence-electron chi connectivity index (χ0n) is 23.4. The number of hydrogen-bond acceptors (Lipinski definition) is 11. The van der Waals surface area contributed by atoms with Gasteiger partial charge in [-0.2, -0.15) is 21.3 Å². The maximum absolute atomic E-state index is 12.4. The Labute approximate surface area is 251 Å². The van der Waals surface area contributed by atoms with Gasteiger partial charge >= 0.3 is 0 Å². The Morgan fingerprint density at radius 1 is 1.14 bits per heavy atom. The number of morpholine rings is 1. The summed E-state index contributed by atoms with van der Waals surface area (Å²) in [5.41, 5.74) is 4.67. The third kappa shape index (κ3) is 6.92. The molecular weight excluding hydrogens is 570 g/mol. The Morgan fingerprint density at radius 3 is 2.86 bits per heavy atom. The molecule has 3 N–H and O–H groups in total. The van der Waals surface area contributed by atoms with Crippen molar-refractivity contribution < 1.29 is 19.0 Å². The number of aromatic amines is 1. The number of H-pyrrole nitrogens is 1. The van der Waals surface area contributed by atoms with Gasteiger partial charge in [0.05, 0.1) is 62.7 Å². The summed E-state index contributed by atoms with van der Waals surface area (Å²) in [5.74, 6) is 4.22. The van der Waals surface area contributed by atoms with Crippen molar-refractivity contribution in [1.82, 2.24) is 29.5 Å². The average Bonchev–Trinajstić information content (AvgIpc) is 3.79. The maximum atomic E-state index is 12.4. The van der Waals surface area contributed by atoms with Crippen molar-refractivity contribution in [1.29, 1.82) is 0 Å². The molecule has 6 rings (SSSR count). The molecule has 222 valence electrons. The number of ether oxygens (including phenoxy) is 3. The summed E-state index contributed by atoms with van der Waals surface area (Å²) in [4.78, 5) is 36.9. The third-order valence-corrected chi connectivity index (χ3v) is 7.40. The largest absolute Gasteiger partial charge is 0.379 e. The van der Waals surface area contributed by atoms with Crippen LogP contribution in [-0.4, -0.2) is 88.1 Å². The Bertz CT molecular complexity index is 1720. The van der Waals surface area contributed by atoms with E-state index in [2.05, 4.69) is 36.8 Å². The first kappa shape index (κ1) is 28.6. The van der Waals surface area contributed by atoms with Crippen LogP contribution in [0.15, 0.2) is 41.4 Å². The van der Waals surface area contributed by atoms with E-state index < -0.39 is 0 Å². The van der Waals surface area contributed by atoms with Crippen molar-refractivity contribution in [2.45, 2.75) is 13.0 Å². The molecule has 0 spiro atoms. The number of carbonyl (C=O) groups is 1. The molecule has 43 heavy (non-hydrogen) atoms. The summed E-state index contributed by atoms with van der Waals surface area (Å²) in [6.45, 7) is 4.41. The molecular formula is C29H31N9O4S.